The number of aryl methyl sites for hydroxylation is 1. The molecule has 1 rings (SSSR count). The van der Waals surface area contributed by atoms with Crippen molar-refractivity contribution < 1.29 is 5.11 Å². The molecule has 0 radical (unpaired) electrons. The Bertz CT molecular complexity index is 262. The molecule has 0 amide bonds. The van der Waals surface area contributed by atoms with Crippen LogP contribution < -0.4 is 5.32 Å². The predicted octanol–water partition coefficient (Wildman–Crippen LogP) is 1.88. The summed E-state index contributed by atoms with van der Waals surface area (Å²) in [6.07, 6.45) is 1.85. The number of nitrogens with one attached hydrogen (secondary N) is 1. The van der Waals surface area contributed by atoms with Gasteiger partial charge in [0.25, 0.3) is 0 Å². The molecule has 1 heterocycles. The van der Waals surface area contributed by atoms with Crippen LogP contribution in [-0.2, 0) is 0 Å². The Morgan fingerprint density at radius 1 is 1.62 bits per heavy atom. The van der Waals surface area contributed by atoms with Gasteiger partial charge in [0.15, 0.2) is 5.13 Å². The number of aliphatic hydroxyl groups excluding tert-OH is 1. The third-order valence-electron chi connectivity index (χ3n) is 2.11. The van der Waals surface area contributed by atoms with Crippen molar-refractivity contribution in [1.29, 1.82) is 0 Å². The Kier molecular flexibility index (Phi) is 3.69. The topological polar surface area (TPSA) is 45.2 Å². The summed E-state index contributed by atoms with van der Waals surface area (Å²) >= 11 is 1.64. The van der Waals surface area contributed by atoms with Crippen LogP contribution in [0.4, 0.5) is 5.13 Å². The molecule has 0 aliphatic rings. The SMILES string of the molecule is Cc1cnc(NC(C)C(C)CO)s1. The molecule has 0 fully saturated rings. The van der Waals surface area contributed by atoms with E-state index in [4.69, 9.17) is 5.11 Å². The van der Waals surface area contributed by atoms with Crippen LogP contribution in [0.3, 0.4) is 0 Å². The molecule has 2 unspecified atom stereocenters. The number of hydrogen-bond donors (Lipinski definition) is 2. The van der Waals surface area contributed by atoms with Crippen LogP contribution in [0.1, 0.15) is 18.7 Å². The number of nitrogens with zero attached hydrogens (tertiary/aromatic N) is 1. The first-order chi connectivity index (χ1) is 6.13. The molecule has 0 aromatic carbocycles. The van der Waals surface area contributed by atoms with E-state index in [2.05, 4.69) is 17.2 Å². The average molecular weight is 200 g/mol. The highest BCUT2D eigenvalue weighted by atomic mass is 32.1. The fourth-order valence-electron chi connectivity index (χ4n) is 0.917. The molecule has 0 saturated heterocycles. The molecular weight excluding hydrogens is 184 g/mol. The van der Waals surface area contributed by atoms with E-state index in [1.807, 2.05) is 20.0 Å². The molecule has 0 spiro atoms. The molecule has 0 aliphatic carbocycles. The maximum Gasteiger partial charge on any atom is 0.183 e. The second-order valence-electron chi connectivity index (χ2n) is 3.37. The first-order valence-corrected chi connectivity index (χ1v) is 5.25. The smallest absolute Gasteiger partial charge is 0.183 e. The Morgan fingerprint density at radius 3 is 2.77 bits per heavy atom. The highest BCUT2D eigenvalue weighted by molar-refractivity contribution is 7.15. The molecule has 2 N–H and O–H groups in total. The maximum absolute atomic E-state index is 8.93. The quantitative estimate of drug-likeness (QED) is 0.780. The highest BCUT2D eigenvalue weighted by Crippen LogP contribution is 2.18. The molecule has 0 aliphatic heterocycles. The van der Waals surface area contributed by atoms with Crippen LogP contribution in [-0.4, -0.2) is 22.7 Å². The molecular formula is C9H16N2OS. The summed E-state index contributed by atoms with van der Waals surface area (Å²) in [5.74, 6) is 0.254. The monoisotopic (exact) mass is 200 g/mol. The van der Waals surface area contributed by atoms with Crippen molar-refractivity contribution >= 4 is 16.5 Å². The first-order valence-electron chi connectivity index (χ1n) is 4.43. The summed E-state index contributed by atoms with van der Waals surface area (Å²) < 4.78 is 0. The van der Waals surface area contributed by atoms with Crippen LogP contribution >= 0.6 is 11.3 Å². The number of aliphatic hydroxyl groups is 1. The molecule has 3 nitrogen and oxygen atoms in total. The van der Waals surface area contributed by atoms with Crippen LogP contribution in [0.15, 0.2) is 6.20 Å². The number of hydrogen-bond acceptors (Lipinski definition) is 4. The largest absolute Gasteiger partial charge is 0.396 e. The van der Waals surface area contributed by atoms with Crippen molar-refractivity contribution in [3.63, 3.8) is 0 Å². The predicted molar refractivity (Wildman–Crippen MR) is 56.2 cm³/mol. The van der Waals surface area contributed by atoms with Gasteiger partial charge in [-0.25, -0.2) is 4.98 Å². The molecule has 74 valence electrons. The van der Waals surface area contributed by atoms with Gasteiger partial charge < -0.3 is 10.4 Å². The molecule has 4 heteroatoms. The zero-order valence-corrected chi connectivity index (χ0v) is 9.06. The standard InChI is InChI=1S/C9H16N2OS/c1-6(5-12)8(3)11-9-10-4-7(2)13-9/h4,6,8,12H,5H2,1-3H3,(H,10,11). The second-order valence-corrected chi connectivity index (χ2v) is 4.60. The Hall–Kier alpha value is -0.610. The van der Waals surface area contributed by atoms with E-state index >= 15 is 0 Å². The second kappa shape index (κ2) is 4.58. The normalized spacial score (nSPS) is 15.4. The minimum Gasteiger partial charge on any atom is -0.396 e. The third-order valence-corrected chi connectivity index (χ3v) is 2.96. The zero-order chi connectivity index (χ0) is 9.84. The zero-order valence-electron chi connectivity index (χ0n) is 8.24. The lowest BCUT2D eigenvalue weighted by Gasteiger charge is -2.18. The molecule has 2 atom stereocenters. The van der Waals surface area contributed by atoms with Crippen LogP contribution in [0.2, 0.25) is 0 Å². The van der Waals surface area contributed by atoms with Gasteiger partial charge in [-0.15, -0.1) is 11.3 Å². The summed E-state index contributed by atoms with van der Waals surface area (Å²) in [6.45, 7) is 6.30. The van der Waals surface area contributed by atoms with Gasteiger partial charge in [0.2, 0.25) is 0 Å². The van der Waals surface area contributed by atoms with E-state index in [9.17, 15) is 0 Å². The van der Waals surface area contributed by atoms with Crippen molar-refractivity contribution in [2.75, 3.05) is 11.9 Å². The summed E-state index contributed by atoms with van der Waals surface area (Å²) in [5.41, 5.74) is 0. The van der Waals surface area contributed by atoms with Gasteiger partial charge in [-0.3, -0.25) is 0 Å². The van der Waals surface area contributed by atoms with Crippen LogP contribution in [0.25, 0.3) is 0 Å². The summed E-state index contributed by atoms with van der Waals surface area (Å²) in [4.78, 5) is 5.40. The Labute approximate surface area is 82.8 Å². The van der Waals surface area contributed by atoms with Crippen molar-refractivity contribution in [3.8, 4) is 0 Å². The lowest BCUT2D eigenvalue weighted by Crippen LogP contribution is -2.26. The number of aromatic nitrogens is 1. The number of anilines is 1. The van der Waals surface area contributed by atoms with E-state index in [0.717, 1.165) is 5.13 Å². The number of thiazole rings is 1. The van der Waals surface area contributed by atoms with E-state index in [0.29, 0.717) is 0 Å². The van der Waals surface area contributed by atoms with Gasteiger partial charge in [0.1, 0.15) is 0 Å². The first kappa shape index (κ1) is 10.5. The summed E-state index contributed by atoms with van der Waals surface area (Å²) in [6, 6.07) is 0.260. The van der Waals surface area contributed by atoms with Gasteiger partial charge in [0, 0.05) is 23.7 Å². The van der Waals surface area contributed by atoms with Gasteiger partial charge in [-0.1, -0.05) is 6.92 Å². The number of rotatable bonds is 4. The fraction of sp³-hybridized carbons (Fsp3) is 0.667. The highest BCUT2D eigenvalue weighted by Gasteiger charge is 2.11. The van der Waals surface area contributed by atoms with E-state index in [1.165, 1.54) is 4.88 Å². The Morgan fingerprint density at radius 2 is 2.31 bits per heavy atom. The van der Waals surface area contributed by atoms with Crippen LogP contribution in [0.5, 0.6) is 0 Å². The molecule has 1 aromatic heterocycles. The van der Waals surface area contributed by atoms with Crippen LogP contribution in [0, 0.1) is 12.8 Å². The van der Waals surface area contributed by atoms with Gasteiger partial charge in [0.05, 0.1) is 0 Å². The van der Waals surface area contributed by atoms with E-state index < -0.39 is 0 Å². The Balaban J connectivity index is 2.49. The van der Waals surface area contributed by atoms with E-state index in [1.54, 1.807) is 11.3 Å². The summed E-state index contributed by atoms with van der Waals surface area (Å²) in [5, 5.41) is 13.1. The van der Waals surface area contributed by atoms with Crippen molar-refractivity contribution in [2.24, 2.45) is 5.92 Å². The van der Waals surface area contributed by atoms with Crippen molar-refractivity contribution in [3.05, 3.63) is 11.1 Å². The molecule has 0 bridgehead atoms. The van der Waals surface area contributed by atoms with Gasteiger partial charge in [-0.2, -0.15) is 0 Å². The van der Waals surface area contributed by atoms with Crippen molar-refractivity contribution in [1.82, 2.24) is 4.98 Å². The van der Waals surface area contributed by atoms with Gasteiger partial charge >= 0.3 is 0 Å². The summed E-state index contributed by atoms with van der Waals surface area (Å²) in [7, 11) is 0. The molecule has 13 heavy (non-hydrogen) atoms. The molecule has 1 aromatic rings. The lowest BCUT2D eigenvalue weighted by atomic mass is 10.1. The van der Waals surface area contributed by atoms with Gasteiger partial charge in [-0.05, 0) is 19.8 Å². The minimum absolute atomic E-state index is 0.207. The average Bonchev–Trinajstić information content (AvgIpc) is 2.49. The molecule has 0 saturated carbocycles. The maximum atomic E-state index is 8.93. The lowest BCUT2D eigenvalue weighted by molar-refractivity contribution is 0.226. The van der Waals surface area contributed by atoms with Crippen molar-refractivity contribution in [2.45, 2.75) is 26.8 Å². The fourth-order valence-corrected chi connectivity index (χ4v) is 1.68. The third kappa shape index (κ3) is 2.97. The minimum atomic E-state index is 0.207. The van der Waals surface area contributed by atoms with E-state index in [-0.39, 0.29) is 18.6 Å².